The van der Waals surface area contributed by atoms with Crippen molar-refractivity contribution in [1.29, 1.82) is 0 Å². The number of hydrogen-bond donors (Lipinski definition) is 1. The summed E-state index contributed by atoms with van der Waals surface area (Å²) in [5.41, 5.74) is 0.305. The van der Waals surface area contributed by atoms with Crippen LogP contribution in [0.2, 0.25) is 0 Å². The van der Waals surface area contributed by atoms with Crippen LogP contribution in [0.5, 0.6) is 0 Å². The van der Waals surface area contributed by atoms with Gasteiger partial charge in [0.25, 0.3) is 5.91 Å². The smallest absolute Gasteiger partial charge is 0.352 e. The van der Waals surface area contributed by atoms with Crippen molar-refractivity contribution in [3.63, 3.8) is 0 Å². The minimum absolute atomic E-state index is 0.0489. The molecular weight excluding hydrogens is 407 g/mol. The fraction of sp³-hybridized carbons (Fsp3) is 0.632. The first-order chi connectivity index (χ1) is 13.5. The molecule has 1 saturated heterocycles. The number of rotatable bonds is 8. The molecule has 1 fully saturated rings. The van der Waals surface area contributed by atoms with E-state index in [0.717, 1.165) is 24.2 Å². The molecule has 164 valence electrons. The Balaban J connectivity index is 1.87. The summed E-state index contributed by atoms with van der Waals surface area (Å²) in [6, 6.07) is 5.69. The van der Waals surface area contributed by atoms with Crippen LogP contribution in [0, 0.1) is 0 Å². The van der Waals surface area contributed by atoms with Gasteiger partial charge in [0.05, 0.1) is 11.4 Å². The summed E-state index contributed by atoms with van der Waals surface area (Å²) in [6.07, 6.45) is -1.19. The Bertz CT molecular complexity index is 782. The number of halogens is 3. The summed E-state index contributed by atoms with van der Waals surface area (Å²) < 4.78 is 63.9. The molecule has 0 spiro atoms. The molecule has 1 aromatic rings. The summed E-state index contributed by atoms with van der Waals surface area (Å²) in [5.74, 6) is -0.390. The maximum atomic E-state index is 12.8. The van der Waals surface area contributed by atoms with Crippen LogP contribution in [0.1, 0.15) is 43.0 Å². The van der Waals surface area contributed by atoms with Gasteiger partial charge in [0.1, 0.15) is 0 Å². The van der Waals surface area contributed by atoms with Crippen molar-refractivity contribution < 1.29 is 26.4 Å². The Morgan fingerprint density at radius 3 is 2.48 bits per heavy atom. The van der Waals surface area contributed by atoms with Crippen LogP contribution < -0.4 is 5.32 Å². The Kier molecular flexibility index (Phi) is 8.07. The molecule has 0 aliphatic carbocycles. The standard InChI is InChI=1S/C19H28F3N3O3S/c1-15-6-3-4-13-25(15)29(27,28)17-9-7-16(8-10-17)18(26)23-11-5-12-24(2)14-19(20,21)22/h7-10,15H,3-6,11-14H2,1-2H3,(H,23,26)/t15-/m1/s1. The molecule has 2 rings (SSSR count). The summed E-state index contributed by atoms with van der Waals surface area (Å²) >= 11 is 0. The zero-order valence-electron chi connectivity index (χ0n) is 16.7. The van der Waals surface area contributed by atoms with Gasteiger partial charge in [-0.1, -0.05) is 6.42 Å². The molecule has 6 nitrogen and oxygen atoms in total. The molecule has 1 N–H and O–H groups in total. The minimum atomic E-state index is -4.24. The topological polar surface area (TPSA) is 69.7 Å². The van der Waals surface area contributed by atoms with Crippen molar-refractivity contribution in [1.82, 2.24) is 14.5 Å². The third-order valence-corrected chi connectivity index (χ3v) is 6.94. The van der Waals surface area contributed by atoms with Crippen LogP contribution in [-0.2, 0) is 10.0 Å². The van der Waals surface area contributed by atoms with Gasteiger partial charge < -0.3 is 5.32 Å². The number of carbonyl (C=O) groups is 1. The van der Waals surface area contributed by atoms with Gasteiger partial charge in [-0.15, -0.1) is 0 Å². The monoisotopic (exact) mass is 435 g/mol. The minimum Gasteiger partial charge on any atom is -0.352 e. The highest BCUT2D eigenvalue weighted by atomic mass is 32.2. The van der Waals surface area contributed by atoms with Crippen LogP contribution in [-0.4, -0.2) is 69.0 Å². The average Bonchev–Trinajstić information content (AvgIpc) is 2.64. The van der Waals surface area contributed by atoms with E-state index >= 15 is 0 Å². The van der Waals surface area contributed by atoms with Gasteiger partial charge in [-0.05, 0) is 64.0 Å². The maximum absolute atomic E-state index is 12.8. The first kappa shape index (κ1) is 23.6. The van der Waals surface area contributed by atoms with Crippen molar-refractivity contribution in [3.05, 3.63) is 29.8 Å². The van der Waals surface area contributed by atoms with Gasteiger partial charge in [0.15, 0.2) is 0 Å². The van der Waals surface area contributed by atoms with E-state index in [1.165, 1.54) is 35.6 Å². The molecule has 1 atom stereocenters. The predicted octanol–water partition coefficient (Wildman–Crippen LogP) is 2.86. The van der Waals surface area contributed by atoms with Crippen LogP contribution in [0.4, 0.5) is 13.2 Å². The molecule has 1 heterocycles. The second kappa shape index (κ2) is 9.90. The third kappa shape index (κ3) is 6.97. The number of sulfonamides is 1. The first-order valence-electron chi connectivity index (χ1n) is 9.66. The van der Waals surface area contributed by atoms with Gasteiger partial charge in [-0.3, -0.25) is 9.69 Å². The SMILES string of the molecule is C[C@@H]1CCCCN1S(=O)(=O)c1ccc(C(=O)NCCCN(C)CC(F)(F)F)cc1. The highest BCUT2D eigenvalue weighted by Gasteiger charge is 2.31. The largest absolute Gasteiger partial charge is 0.401 e. The second-order valence-electron chi connectivity index (χ2n) is 7.45. The van der Waals surface area contributed by atoms with Crippen LogP contribution in [0.25, 0.3) is 0 Å². The lowest BCUT2D eigenvalue weighted by Gasteiger charge is -2.32. The molecule has 0 aromatic heterocycles. The van der Waals surface area contributed by atoms with E-state index < -0.39 is 28.7 Å². The number of nitrogens with zero attached hydrogens (tertiary/aromatic N) is 2. The van der Waals surface area contributed by atoms with Gasteiger partial charge in [-0.2, -0.15) is 17.5 Å². The zero-order chi connectivity index (χ0) is 21.7. The maximum Gasteiger partial charge on any atom is 0.401 e. The fourth-order valence-corrected chi connectivity index (χ4v) is 5.08. The average molecular weight is 436 g/mol. The van der Waals surface area contributed by atoms with Gasteiger partial charge >= 0.3 is 6.18 Å². The quantitative estimate of drug-likeness (QED) is 0.638. The second-order valence-corrected chi connectivity index (χ2v) is 9.34. The number of nitrogens with one attached hydrogen (secondary N) is 1. The zero-order valence-corrected chi connectivity index (χ0v) is 17.5. The van der Waals surface area contributed by atoms with E-state index in [9.17, 15) is 26.4 Å². The number of amides is 1. The van der Waals surface area contributed by atoms with E-state index in [1.54, 1.807) is 0 Å². The van der Waals surface area contributed by atoms with Crippen LogP contribution in [0.3, 0.4) is 0 Å². The molecule has 0 bridgehead atoms. The van der Waals surface area contributed by atoms with Gasteiger partial charge in [-0.25, -0.2) is 8.42 Å². The van der Waals surface area contributed by atoms with Gasteiger partial charge in [0.2, 0.25) is 10.0 Å². The van der Waals surface area contributed by atoms with Crippen molar-refractivity contribution in [2.24, 2.45) is 0 Å². The number of carbonyl (C=O) groups excluding carboxylic acids is 1. The number of benzene rings is 1. The summed E-state index contributed by atoms with van der Waals surface area (Å²) in [6.45, 7) is 1.82. The Hall–Kier alpha value is -1.65. The lowest BCUT2D eigenvalue weighted by atomic mass is 10.1. The molecular formula is C19H28F3N3O3S. The summed E-state index contributed by atoms with van der Waals surface area (Å²) in [7, 11) is -2.22. The molecule has 10 heteroatoms. The highest BCUT2D eigenvalue weighted by molar-refractivity contribution is 7.89. The molecule has 1 aliphatic heterocycles. The normalized spacial score (nSPS) is 18.8. The van der Waals surface area contributed by atoms with Crippen molar-refractivity contribution >= 4 is 15.9 Å². The molecule has 0 saturated carbocycles. The third-order valence-electron chi connectivity index (χ3n) is 4.92. The molecule has 0 radical (unpaired) electrons. The predicted molar refractivity (Wildman–Crippen MR) is 104 cm³/mol. The molecule has 1 aromatic carbocycles. The lowest BCUT2D eigenvalue weighted by Crippen LogP contribution is -2.41. The lowest BCUT2D eigenvalue weighted by molar-refractivity contribution is -0.143. The Labute approximate surface area is 170 Å². The van der Waals surface area contributed by atoms with Crippen LogP contribution >= 0.6 is 0 Å². The fourth-order valence-electron chi connectivity index (χ4n) is 3.38. The molecule has 1 aliphatic rings. The van der Waals surface area contributed by atoms with Crippen molar-refractivity contribution in [2.75, 3.05) is 33.2 Å². The van der Waals surface area contributed by atoms with Crippen molar-refractivity contribution in [3.8, 4) is 0 Å². The Morgan fingerprint density at radius 1 is 1.24 bits per heavy atom. The van der Waals surface area contributed by atoms with Gasteiger partial charge in [0, 0.05) is 24.7 Å². The number of piperidine rings is 1. The highest BCUT2D eigenvalue weighted by Crippen LogP contribution is 2.25. The first-order valence-corrected chi connectivity index (χ1v) is 11.1. The number of hydrogen-bond acceptors (Lipinski definition) is 4. The molecule has 29 heavy (non-hydrogen) atoms. The van der Waals surface area contributed by atoms with E-state index in [2.05, 4.69) is 5.32 Å². The van der Waals surface area contributed by atoms with Crippen LogP contribution in [0.15, 0.2) is 29.2 Å². The van der Waals surface area contributed by atoms with E-state index in [0.29, 0.717) is 18.5 Å². The molecule has 1 amide bonds. The van der Waals surface area contributed by atoms with E-state index in [-0.39, 0.29) is 24.0 Å². The van der Waals surface area contributed by atoms with E-state index in [1.807, 2.05) is 6.92 Å². The summed E-state index contributed by atoms with van der Waals surface area (Å²) in [5, 5.41) is 2.64. The summed E-state index contributed by atoms with van der Waals surface area (Å²) in [4.78, 5) is 13.5. The number of alkyl halides is 3. The Morgan fingerprint density at radius 2 is 1.90 bits per heavy atom. The van der Waals surface area contributed by atoms with E-state index in [4.69, 9.17) is 0 Å². The molecule has 0 unspecified atom stereocenters. The van der Waals surface area contributed by atoms with Crippen molar-refractivity contribution in [2.45, 2.75) is 49.7 Å².